The van der Waals surface area contributed by atoms with Gasteiger partial charge in [0, 0.05) is 13.2 Å². The van der Waals surface area contributed by atoms with Gasteiger partial charge in [0.05, 0.1) is 16.7 Å². The second-order valence-corrected chi connectivity index (χ2v) is 9.29. The summed E-state index contributed by atoms with van der Waals surface area (Å²) in [6.07, 6.45) is 7.87. The van der Waals surface area contributed by atoms with Gasteiger partial charge in [0.2, 0.25) is 5.82 Å². The van der Waals surface area contributed by atoms with Crippen LogP contribution in [0.3, 0.4) is 0 Å². The van der Waals surface area contributed by atoms with Crippen LogP contribution < -0.4 is 5.76 Å². The first-order valence-corrected chi connectivity index (χ1v) is 12.7. The molecular weight excluding hydrogens is 442 g/mol. The number of allylic oxidation sites excluding steroid dienone is 3. The molecule has 2 atom stereocenters. The lowest BCUT2D eigenvalue weighted by molar-refractivity contribution is 0.0506. The highest BCUT2D eigenvalue weighted by Gasteiger charge is 2.25. The fourth-order valence-electron chi connectivity index (χ4n) is 4.45. The molecule has 0 saturated heterocycles. The fraction of sp³-hybridized carbons (Fsp3) is 0.556. The maximum atomic E-state index is 11.6. The number of nitrogens with zero attached hydrogens (tertiary/aromatic N) is 4. The Morgan fingerprint density at radius 3 is 2.54 bits per heavy atom. The molecule has 0 aliphatic heterocycles. The SMILES string of the molecule is C=C/C(=C\C)c1nc(-c2noc(=O)[nH]2)cc2nc(C(CC)OCC)n(CC(CC)CCC(C)C)c12. The van der Waals surface area contributed by atoms with Gasteiger partial charge in [0.1, 0.15) is 17.6 Å². The van der Waals surface area contributed by atoms with E-state index in [1.54, 1.807) is 6.08 Å². The van der Waals surface area contributed by atoms with Crippen molar-refractivity contribution in [1.29, 1.82) is 0 Å². The number of hydrogen-bond acceptors (Lipinski definition) is 6. The van der Waals surface area contributed by atoms with E-state index in [4.69, 9.17) is 19.2 Å². The Kier molecular flexibility index (Phi) is 9.20. The Bertz CT molecular complexity index is 1220. The van der Waals surface area contributed by atoms with Gasteiger partial charge in [-0.15, -0.1) is 0 Å². The third-order valence-electron chi connectivity index (χ3n) is 6.44. The Morgan fingerprint density at radius 2 is 2.00 bits per heavy atom. The molecule has 0 saturated carbocycles. The molecule has 0 spiro atoms. The number of imidazole rings is 1. The van der Waals surface area contributed by atoms with Crippen LogP contribution >= 0.6 is 0 Å². The number of aromatic nitrogens is 5. The average Bonchev–Trinajstić information content (AvgIpc) is 3.44. The van der Waals surface area contributed by atoms with E-state index in [0.29, 0.717) is 24.1 Å². The topological polar surface area (TPSA) is 98.8 Å². The van der Waals surface area contributed by atoms with Gasteiger partial charge >= 0.3 is 5.76 Å². The van der Waals surface area contributed by atoms with Crippen molar-refractivity contribution in [2.75, 3.05) is 6.61 Å². The molecule has 0 aliphatic rings. The summed E-state index contributed by atoms with van der Waals surface area (Å²) in [4.78, 5) is 24.2. The van der Waals surface area contributed by atoms with E-state index in [9.17, 15) is 4.79 Å². The normalized spacial score (nSPS) is 14.1. The predicted octanol–water partition coefficient (Wildman–Crippen LogP) is 6.31. The third-order valence-corrected chi connectivity index (χ3v) is 6.44. The molecule has 3 aromatic heterocycles. The van der Waals surface area contributed by atoms with Crippen LogP contribution in [-0.4, -0.2) is 31.3 Å². The Labute approximate surface area is 207 Å². The molecule has 35 heavy (non-hydrogen) atoms. The van der Waals surface area contributed by atoms with Crippen LogP contribution in [0, 0.1) is 11.8 Å². The van der Waals surface area contributed by atoms with Crippen molar-refractivity contribution in [2.24, 2.45) is 11.8 Å². The van der Waals surface area contributed by atoms with Gasteiger partial charge in [0.15, 0.2) is 0 Å². The summed E-state index contributed by atoms with van der Waals surface area (Å²) in [5, 5.41) is 3.85. The molecule has 8 nitrogen and oxygen atoms in total. The summed E-state index contributed by atoms with van der Waals surface area (Å²) >= 11 is 0. The number of fused-ring (bicyclic) bond motifs is 1. The van der Waals surface area contributed by atoms with Crippen LogP contribution in [-0.2, 0) is 11.3 Å². The van der Waals surface area contributed by atoms with Gasteiger partial charge in [-0.25, -0.2) is 14.8 Å². The van der Waals surface area contributed by atoms with E-state index in [1.807, 2.05) is 26.0 Å². The lowest BCUT2D eigenvalue weighted by Crippen LogP contribution is -2.17. The highest BCUT2D eigenvalue weighted by molar-refractivity contribution is 5.92. The summed E-state index contributed by atoms with van der Waals surface area (Å²) < 4.78 is 13.2. The minimum absolute atomic E-state index is 0.129. The second-order valence-electron chi connectivity index (χ2n) is 9.29. The molecule has 0 aliphatic carbocycles. The van der Waals surface area contributed by atoms with Gasteiger partial charge < -0.3 is 9.30 Å². The highest BCUT2D eigenvalue weighted by Crippen LogP contribution is 2.34. The molecule has 0 fully saturated rings. The lowest BCUT2D eigenvalue weighted by atomic mass is 9.95. The molecule has 0 aromatic carbocycles. The number of rotatable bonds is 13. The van der Waals surface area contributed by atoms with E-state index in [2.05, 4.69) is 49.0 Å². The van der Waals surface area contributed by atoms with Crippen LogP contribution in [0.2, 0.25) is 0 Å². The maximum Gasteiger partial charge on any atom is 0.439 e. The molecule has 3 aromatic rings. The lowest BCUT2D eigenvalue weighted by Gasteiger charge is -2.22. The minimum atomic E-state index is -0.622. The second kappa shape index (κ2) is 12.1. The van der Waals surface area contributed by atoms with Crippen LogP contribution in [0.4, 0.5) is 0 Å². The molecule has 3 heterocycles. The molecule has 190 valence electrons. The third kappa shape index (κ3) is 5.99. The monoisotopic (exact) mass is 481 g/mol. The van der Waals surface area contributed by atoms with Crippen molar-refractivity contribution in [3.8, 4) is 11.5 Å². The van der Waals surface area contributed by atoms with Crippen molar-refractivity contribution >= 4 is 16.6 Å². The molecule has 8 heteroatoms. The van der Waals surface area contributed by atoms with Crippen molar-refractivity contribution in [3.05, 3.63) is 46.9 Å². The number of pyridine rings is 1. The number of H-pyrrole nitrogens is 1. The largest absolute Gasteiger partial charge is 0.439 e. The van der Waals surface area contributed by atoms with Crippen LogP contribution in [0.5, 0.6) is 0 Å². The Balaban J connectivity index is 2.29. The van der Waals surface area contributed by atoms with Crippen LogP contribution in [0.25, 0.3) is 28.1 Å². The Hall–Kier alpha value is -3.00. The summed E-state index contributed by atoms with van der Waals surface area (Å²) in [5.41, 5.74) is 3.86. The van der Waals surface area contributed by atoms with Crippen molar-refractivity contribution in [2.45, 2.75) is 79.9 Å². The van der Waals surface area contributed by atoms with Crippen molar-refractivity contribution < 1.29 is 9.26 Å². The number of aromatic amines is 1. The van der Waals surface area contributed by atoms with Gasteiger partial charge in [-0.3, -0.25) is 9.51 Å². The van der Waals surface area contributed by atoms with E-state index in [1.165, 1.54) is 6.42 Å². The summed E-state index contributed by atoms with van der Waals surface area (Å²) in [6.45, 7) is 18.3. The summed E-state index contributed by atoms with van der Waals surface area (Å²) in [5.74, 6) is 1.72. The molecule has 1 N–H and O–H groups in total. The van der Waals surface area contributed by atoms with Crippen LogP contribution in [0.15, 0.2) is 34.1 Å². The molecule has 0 bridgehead atoms. The maximum absolute atomic E-state index is 11.6. The summed E-state index contributed by atoms with van der Waals surface area (Å²) in [7, 11) is 0. The van der Waals surface area contributed by atoms with Crippen LogP contribution in [0.1, 0.15) is 84.8 Å². The quantitative estimate of drug-likeness (QED) is 0.287. The minimum Gasteiger partial charge on any atom is -0.371 e. The fourth-order valence-corrected chi connectivity index (χ4v) is 4.45. The van der Waals surface area contributed by atoms with E-state index < -0.39 is 5.76 Å². The van der Waals surface area contributed by atoms with Gasteiger partial charge in [-0.1, -0.05) is 64.4 Å². The standard InChI is InChI=1S/C27H39N5O3/c1-8-18(14-13-17(6)7)16-32-24-20(29-26(32)22(11-4)34-12-5)15-21(25-30-27(33)35-31-25)28-23(24)19(9-2)10-3/h9-10,15,17-18,22H,2,8,11-14,16H2,1,3-7H3,(H,30,31,33)/b19-10+. The zero-order valence-electron chi connectivity index (χ0n) is 21.9. The zero-order valence-corrected chi connectivity index (χ0v) is 21.9. The van der Waals surface area contributed by atoms with E-state index in [-0.39, 0.29) is 11.9 Å². The van der Waals surface area contributed by atoms with E-state index >= 15 is 0 Å². The molecule has 3 rings (SSSR count). The first kappa shape index (κ1) is 26.6. The number of nitrogens with one attached hydrogen (secondary N) is 1. The predicted molar refractivity (Wildman–Crippen MR) is 140 cm³/mol. The highest BCUT2D eigenvalue weighted by atomic mass is 16.5. The number of hydrogen-bond donors (Lipinski definition) is 1. The molecule has 0 radical (unpaired) electrons. The number of ether oxygens (including phenoxy) is 1. The first-order chi connectivity index (χ1) is 16.9. The average molecular weight is 482 g/mol. The first-order valence-electron chi connectivity index (χ1n) is 12.7. The van der Waals surface area contributed by atoms with Crippen molar-refractivity contribution in [1.82, 2.24) is 24.7 Å². The van der Waals surface area contributed by atoms with Crippen molar-refractivity contribution in [3.63, 3.8) is 0 Å². The van der Waals surface area contributed by atoms with Gasteiger partial charge in [0.25, 0.3) is 0 Å². The van der Waals surface area contributed by atoms with Gasteiger partial charge in [-0.2, -0.15) is 0 Å². The molecule has 2 unspecified atom stereocenters. The van der Waals surface area contributed by atoms with Gasteiger partial charge in [-0.05, 0) is 50.2 Å². The molecule has 0 amide bonds. The zero-order chi connectivity index (χ0) is 25.5. The smallest absolute Gasteiger partial charge is 0.371 e. The Morgan fingerprint density at radius 1 is 1.23 bits per heavy atom. The summed E-state index contributed by atoms with van der Waals surface area (Å²) in [6, 6.07) is 1.86. The van der Waals surface area contributed by atoms with E-state index in [0.717, 1.165) is 53.9 Å². The molecular formula is C27H39N5O3.